The Hall–Kier alpha value is -2.19. The highest BCUT2D eigenvalue weighted by Gasteiger charge is 2.26. The van der Waals surface area contributed by atoms with Gasteiger partial charge in [-0.25, -0.2) is 9.78 Å². The van der Waals surface area contributed by atoms with Gasteiger partial charge in [0.2, 0.25) is 5.88 Å². The third kappa shape index (κ3) is 4.31. The lowest BCUT2D eigenvalue weighted by Crippen LogP contribution is -2.30. The third-order valence-corrected chi connectivity index (χ3v) is 5.76. The average Bonchev–Trinajstić information content (AvgIpc) is 3.24. The van der Waals surface area contributed by atoms with E-state index < -0.39 is 0 Å². The van der Waals surface area contributed by atoms with Gasteiger partial charge in [-0.05, 0) is 45.3 Å². The number of likely N-dealkylation sites (N-methyl/N-ethyl adjacent to an activating group) is 1. The molecular formula is C18H23N5O2S. The summed E-state index contributed by atoms with van der Waals surface area (Å²) in [7, 11) is 2.11. The first kappa shape index (κ1) is 17.2. The lowest BCUT2D eigenvalue weighted by Gasteiger charge is -2.19. The molecule has 1 aliphatic heterocycles. The molecule has 4 rings (SSSR count). The number of pyridine rings is 1. The van der Waals surface area contributed by atoms with Gasteiger partial charge in [-0.15, -0.1) is 11.3 Å². The highest BCUT2D eigenvalue weighted by atomic mass is 32.1. The van der Waals surface area contributed by atoms with Crippen LogP contribution in [0.1, 0.15) is 36.6 Å². The largest absolute Gasteiger partial charge is 0.476 e. The zero-order valence-corrected chi connectivity index (χ0v) is 15.6. The van der Waals surface area contributed by atoms with Gasteiger partial charge in [-0.1, -0.05) is 6.07 Å². The summed E-state index contributed by atoms with van der Waals surface area (Å²) in [5.41, 5.74) is 0. The molecule has 0 radical (unpaired) electrons. The minimum absolute atomic E-state index is 0.349. The Balaban J connectivity index is 1.30. The molecule has 2 aliphatic rings. The number of nitrogens with one attached hydrogen (secondary N) is 2. The van der Waals surface area contributed by atoms with Crippen molar-refractivity contribution in [3.05, 3.63) is 28.6 Å². The lowest BCUT2D eigenvalue weighted by atomic mass is 10.2. The number of nitrogens with zero attached hydrogens (tertiary/aromatic N) is 3. The number of carbonyl (C=O) groups excluding carboxylic acids is 1. The Kier molecular flexibility index (Phi) is 5.03. The predicted octanol–water partition coefficient (Wildman–Crippen LogP) is 3.53. The van der Waals surface area contributed by atoms with Gasteiger partial charge >= 0.3 is 6.03 Å². The van der Waals surface area contributed by atoms with Crippen molar-refractivity contribution in [3.8, 4) is 5.88 Å². The quantitative estimate of drug-likeness (QED) is 0.810. The molecule has 7 nitrogen and oxygen atoms in total. The number of aromatic nitrogens is 2. The lowest BCUT2D eigenvalue weighted by molar-refractivity contribution is 0.193. The first-order valence-corrected chi connectivity index (χ1v) is 9.89. The Labute approximate surface area is 156 Å². The van der Waals surface area contributed by atoms with Gasteiger partial charge in [0.1, 0.15) is 18.2 Å². The molecule has 1 atom stereocenters. The molecule has 1 saturated heterocycles. The minimum atomic E-state index is -0.349. The molecule has 0 spiro atoms. The maximum Gasteiger partial charge on any atom is 0.326 e. The number of carbonyl (C=O) groups is 1. The monoisotopic (exact) mass is 373 g/mol. The Morgan fingerprint density at radius 3 is 2.88 bits per heavy atom. The summed E-state index contributed by atoms with van der Waals surface area (Å²) < 4.78 is 5.80. The molecule has 0 bridgehead atoms. The van der Waals surface area contributed by atoms with Crippen molar-refractivity contribution < 1.29 is 9.53 Å². The number of hydrogen-bond donors (Lipinski definition) is 2. The predicted molar refractivity (Wildman–Crippen MR) is 102 cm³/mol. The molecule has 2 aromatic rings. The van der Waals surface area contributed by atoms with E-state index in [4.69, 9.17) is 4.74 Å². The first-order valence-electron chi connectivity index (χ1n) is 9.01. The van der Waals surface area contributed by atoms with E-state index in [9.17, 15) is 4.79 Å². The van der Waals surface area contributed by atoms with Gasteiger partial charge in [-0.3, -0.25) is 10.6 Å². The molecule has 8 heteroatoms. The van der Waals surface area contributed by atoms with Crippen LogP contribution in [0.25, 0.3) is 0 Å². The molecule has 2 aromatic heterocycles. The number of ether oxygens (including phenoxy) is 1. The van der Waals surface area contributed by atoms with Crippen LogP contribution in [0.3, 0.4) is 0 Å². The molecule has 3 heterocycles. The molecule has 2 amide bonds. The fourth-order valence-electron chi connectivity index (χ4n) is 3.06. The number of likely N-dealkylation sites (tertiary alicyclic amines) is 1. The number of hydrogen-bond acceptors (Lipinski definition) is 6. The summed E-state index contributed by atoms with van der Waals surface area (Å²) >= 11 is 1.60. The molecular weight excluding hydrogens is 350 g/mol. The second-order valence-electron chi connectivity index (χ2n) is 6.87. The molecule has 1 unspecified atom stereocenters. The van der Waals surface area contributed by atoms with Crippen LogP contribution in [-0.4, -0.2) is 47.1 Å². The van der Waals surface area contributed by atoms with Gasteiger partial charge in [0.15, 0.2) is 0 Å². The van der Waals surface area contributed by atoms with E-state index in [2.05, 4.69) is 32.5 Å². The summed E-state index contributed by atoms with van der Waals surface area (Å²) in [4.78, 5) is 23.3. The van der Waals surface area contributed by atoms with E-state index in [1.165, 1.54) is 19.3 Å². The van der Waals surface area contributed by atoms with Crippen molar-refractivity contribution in [3.63, 3.8) is 0 Å². The summed E-state index contributed by atoms with van der Waals surface area (Å²) in [6, 6.07) is 5.45. The summed E-state index contributed by atoms with van der Waals surface area (Å²) in [6.07, 6.45) is 4.76. The van der Waals surface area contributed by atoms with Gasteiger partial charge in [-0.2, -0.15) is 4.98 Å². The Morgan fingerprint density at radius 1 is 1.27 bits per heavy atom. The molecule has 2 fully saturated rings. The van der Waals surface area contributed by atoms with Crippen LogP contribution in [0.15, 0.2) is 23.6 Å². The van der Waals surface area contributed by atoms with Crippen molar-refractivity contribution in [2.24, 2.45) is 0 Å². The minimum Gasteiger partial charge on any atom is -0.476 e. The van der Waals surface area contributed by atoms with E-state index >= 15 is 0 Å². The van der Waals surface area contributed by atoms with Crippen LogP contribution in [0.5, 0.6) is 5.88 Å². The topological polar surface area (TPSA) is 79.4 Å². The average molecular weight is 373 g/mol. The molecule has 138 valence electrons. The van der Waals surface area contributed by atoms with Crippen molar-refractivity contribution in [2.75, 3.05) is 30.8 Å². The Morgan fingerprint density at radius 2 is 2.12 bits per heavy atom. The summed E-state index contributed by atoms with van der Waals surface area (Å²) in [6.45, 7) is 1.73. The summed E-state index contributed by atoms with van der Waals surface area (Å²) in [5, 5.41) is 8.47. The molecule has 1 saturated carbocycles. The van der Waals surface area contributed by atoms with Gasteiger partial charge in [0.05, 0.1) is 5.01 Å². The number of amides is 2. The second kappa shape index (κ2) is 7.59. The van der Waals surface area contributed by atoms with Crippen LogP contribution in [0.4, 0.5) is 16.4 Å². The number of anilines is 2. The smallest absolute Gasteiger partial charge is 0.326 e. The highest BCUT2D eigenvalue weighted by Crippen LogP contribution is 2.41. The van der Waals surface area contributed by atoms with Gasteiger partial charge < -0.3 is 9.64 Å². The Bertz CT molecular complexity index is 776. The zero-order chi connectivity index (χ0) is 17.9. The van der Waals surface area contributed by atoms with Crippen molar-refractivity contribution in [1.82, 2.24) is 14.9 Å². The van der Waals surface area contributed by atoms with Crippen LogP contribution in [-0.2, 0) is 0 Å². The van der Waals surface area contributed by atoms with Crippen molar-refractivity contribution >= 4 is 29.0 Å². The van der Waals surface area contributed by atoms with E-state index in [1.54, 1.807) is 23.5 Å². The van der Waals surface area contributed by atoms with E-state index in [0.717, 1.165) is 18.0 Å². The molecule has 26 heavy (non-hydrogen) atoms. The zero-order valence-electron chi connectivity index (χ0n) is 14.8. The molecule has 2 N–H and O–H groups in total. The van der Waals surface area contributed by atoms with Crippen LogP contribution in [0.2, 0.25) is 0 Å². The third-order valence-electron chi connectivity index (χ3n) is 4.75. The number of urea groups is 1. The highest BCUT2D eigenvalue weighted by molar-refractivity contribution is 7.10. The second-order valence-corrected chi connectivity index (χ2v) is 7.76. The van der Waals surface area contributed by atoms with E-state index in [-0.39, 0.29) is 6.03 Å². The standard InChI is InChI=1S/C18H23N5O2S/c1-23-9-3-4-13(23)10-25-16-6-2-5-14(19-16)21-18(24)22-15-11-26-17(20-15)12-7-8-12/h2,5-6,11-13H,3-4,7-10H2,1H3,(H2,19,21,22,24). The first-order chi connectivity index (χ1) is 12.7. The van der Waals surface area contributed by atoms with Gasteiger partial charge in [0, 0.05) is 23.4 Å². The SMILES string of the molecule is CN1CCCC1COc1cccc(NC(=O)Nc2csc(C3CC3)n2)n1. The summed E-state index contributed by atoms with van der Waals surface area (Å²) in [5.74, 6) is 2.16. The maximum absolute atomic E-state index is 12.2. The number of rotatable bonds is 6. The van der Waals surface area contributed by atoms with Gasteiger partial charge in [0.25, 0.3) is 0 Å². The molecule has 1 aliphatic carbocycles. The van der Waals surface area contributed by atoms with Crippen molar-refractivity contribution in [1.29, 1.82) is 0 Å². The normalized spacial score (nSPS) is 20.1. The fourth-order valence-corrected chi connectivity index (χ4v) is 3.99. The van der Waals surface area contributed by atoms with Crippen LogP contribution < -0.4 is 15.4 Å². The number of thiazole rings is 1. The molecule has 0 aromatic carbocycles. The van der Waals surface area contributed by atoms with E-state index in [1.807, 2.05) is 11.4 Å². The maximum atomic E-state index is 12.2. The van der Waals surface area contributed by atoms with Crippen LogP contribution >= 0.6 is 11.3 Å². The van der Waals surface area contributed by atoms with Crippen molar-refractivity contribution in [2.45, 2.75) is 37.6 Å². The van der Waals surface area contributed by atoms with E-state index in [0.29, 0.717) is 36.1 Å². The fraction of sp³-hybridized carbons (Fsp3) is 0.500. The van der Waals surface area contributed by atoms with Crippen LogP contribution in [0, 0.1) is 0 Å².